The van der Waals surface area contributed by atoms with Gasteiger partial charge in [0.1, 0.15) is 6.10 Å². The number of rotatable bonds is 3. The summed E-state index contributed by atoms with van der Waals surface area (Å²) in [6, 6.07) is 0. The van der Waals surface area contributed by atoms with Crippen LogP contribution in [0.15, 0.2) is 23.3 Å². The maximum atomic E-state index is 13.7. The maximum absolute atomic E-state index is 13.7. The zero-order chi connectivity index (χ0) is 19.1. The van der Waals surface area contributed by atoms with Gasteiger partial charge in [-0.05, 0) is 48.2 Å². The molecule has 0 saturated heterocycles. The van der Waals surface area contributed by atoms with Gasteiger partial charge in [0.25, 0.3) is 6.47 Å². The number of fused-ring (bicyclic) bond motifs is 3. The number of ketones is 1. The molecule has 2 saturated carbocycles. The molecule has 6 nitrogen and oxygen atoms in total. The molecular formula is C20H26O6. The summed E-state index contributed by atoms with van der Waals surface area (Å²) >= 11 is 0. The van der Waals surface area contributed by atoms with Crippen LogP contribution in [0.2, 0.25) is 0 Å². The molecule has 2 fully saturated rings. The quantitative estimate of drug-likeness (QED) is 0.506. The van der Waals surface area contributed by atoms with E-state index in [-0.39, 0.29) is 29.2 Å². The molecule has 0 aromatic carbocycles. The van der Waals surface area contributed by atoms with E-state index in [1.165, 1.54) is 0 Å². The molecule has 0 aromatic rings. The molecule has 2 bridgehead atoms. The molecule has 4 aliphatic carbocycles. The topological polar surface area (TPSA) is 104 Å². The van der Waals surface area contributed by atoms with Crippen molar-refractivity contribution in [1.29, 1.82) is 0 Å². The monoisotopic (exact) mass is 362 g/mol. The van der Waals surface area contributed by atoms with Crippen LogP contribution in [0, 0.1) is 28.6 Å². The number of carbonyl (C=O) groups excluding carboxylic acids is 2. The first-order valence-electron chi connectivity index (χ1n) is 9.21. The van der Waals surface area contributed by atoms with Gasteiger partial charge >= 0.3 is 0 Å². The molecule has 0 amide bonds. The van der Waals surface area contributed by atoms with Gasteiger partial charge in [0.15, 0.2) is 17.5 Å². The lowest BCUT2D eigenvalue weighted by atomic mass is 9.63. The van der Waals surface area contributed by atoms with Crippen molar-refractivity contribution in [2.24, 2.45) is 28.6 Å². The summed E-state index contributed by atoms with van der Waals surface area (Å²) in [5.41, 5.74) is -2.52. The van der Waals surface area contributed by atoms with Crippen molar-refractivity contribution in [3.05, 3.63) is 23.3 Å². The largest absolute Gasteiger partial charge is 0.457 e. The van der Waals surface area contributed by atoms with E-state index < -0.39 is 35.7 Å². The van der Waals surface area contributed by atoms with Gasteiger partial charge in [-0.2, -0.15) is 0 Å². The van der Waals surface area contributed by atoms with E-state index in [1.54, 1.807) is 19.1 Å². The molecule has 26 heavy (non-hydrogen) atoms. The van der Waals surface area contributed by atoms with Gasteiger partial charge in [-0.1, -0.05) is 26.0 Å². The van der Waals surface area contributed by atoms with E-state index >= 15 is 0 Å². The van der Waals surface area contributed by atoms with Gasteiger partial charge in [0, 0.05) is 5.92 Å². The summed E-state index contributed by atoms with van der Waals surface area (Å²) in [5.74, 6) is -0.129. The van der Waals surface area contributed by atoms with Crippen LogP contribution in [0.25, 0.3) is 0 Å². The first kappa shape index (κ1) is 17.9. The fourth-order valence-corrected chi connectivity index (χ4v) is 6.30. The van der Waals surface area contributed by atoms with Gasteiger partial charge in [0.05, 0.1) is 12.0 Å². The second-order valence-corrected chi connectivity index (χ2v) is 8.98. The molecule has 3 N–H and O–H groups in total. The highest BCUT2D eigenvalue weighted by atomic mass is 16.5. The van der Waals surface area contributed by atoms with Crippen molar-refractivity contribution in [1.82, 2.24) is 0 Å². The molecule has 7 unspecified atom stereocenters. The van der Waals surface area contributed by atoms with Crippen LogP contribution < -0.4 is 0 Å². The van der Waals surface area contributed by atoms with Crippen LogP contribution in [0.5, 0.6) is 0 Å². The Bertz CT molecular complexity index is 737. The molecule has 0 radical (unpaired) electrons. The standard InChI is InChI=1S/C20H26O6/c1-10-7-19-5-4-13-14(18(13,2)3)12(16(19)24)6-11(8-21)15(23)20(19,25)17(10)26-9-22/h6-7,9,12-15,17,21,23,25H,4-5,8H2,1-3H3. The Labute approximate surface area is 152 Å². The second-order valence-electron chi connectivity index (χ2n) is 8.98. The molecule has 7 atom stereocenters. The van der Waals surface area contributed by atoms with Crippen molar-refractivity contribution < 1.29 is 29.6 Å². The molecule has 0 aromatic heterocycles. The molecule has 0 aliphatic heterocycles. The summed E-state index contributed by atoms with van der Waals surface area (Å²) in [7, 11) is 0. The first-order chi connectivity index (χ1) is 12.2. The lowest BCUT2D eigenvalue weighted by molar-refractivity contribution is -0.190. The minimum absolute atomic E-state index is 0.0163. The number of ether oxygens (including phenoxy) is 1. The van der Waals surface area contributed by atoms with Crippen LogP contribution in [-0.2, 0) is 14.3 Å². The van der Waals surface area contributed by atoms with E-state index in [0.717, 1.165) is 6.42 Å². The lowest BCUT2D eigenvalue weighted by Gasteiger charge is -2.45. The Morgan fingerprint density at radius 2 is 2.08 bits per heavy atom. The number of hydrogen-bond donors (Lipinski definition) is 3. The van der Waals surface area contributed by atoms with Crippen LogP contribution in [0.4, 0.5) is 0 Å². The van der Waals surface area contributed by atoms with E-state index in [4.69, 9.17) is 4.74 Å². The van der Waals surface area contributed by atoms with Crippen molar-refractivity contribution in [2.75, 3.05) is 6.61 Å². The SMILES string of the molecule is CC1=CC23CCC4C(C(C=C(CO)C(O)C2(O)C1OC=O)C3=O)C4(C)C. The van der Waals surface area contributed by atoms with Crippen LogP contribution in [0.3, 0.4) is 0 Å². The zero-order valence-electron chi connectivity index (χ0n) is 15.3. The predicted octanol–water partition coefficient (Wildman–Crippen LogP) is 0.750. The Morgan fingerprint density at radius 3 is 2.69 bits per heavy atom. The third-order valence-electron chi connectivity index (χ3n) is 7.66. The molecular weight excluding hydrogens is 336 g/mol. The number of allylic oxidation sites excluding steroid dienone is 1. The minimum Gasteiger partial charge on any atom is -0.457 e. The molecule has 142 valence electrons. The lowest BCUT2D eigenvalue weighted by Crippen LogP contribution is -2.63. The van der Waals surface area contributed by atoms with Gasteiger partial charge in [0.2, 0.25) is 0 Å². The molecule has 0 heterocycles. The van der Waals surface area contributed by atoms with Gasteiger partial charge in [-0.15, -0.1) is 0 Å². The van der Waals surface area contributed by atoms with Crippen LogP contribution in [-0.4, -0.2) is 52.0 Å². The highest BCUT2D eigenvalue weighted by Crippen LogP contribution is 2.70. The summed E-state index contributed by atoms with van der Waals surface area (Å²) in [6.07, 6.45) is 1.90. The number of carbonyl (C=O) groups is 2. The Balaban J connectivity index is 1.93. The average molecular weight is 362 g/mol. The summed E-state index contributed by atoms with van der Waals surface area (Å²) in [5, 5.41) is 32.5. The predicted molar refractivity (Wildman–Crippen MR) is 91.7 cm³/mol. The molecule has 6 heteroatoms. The van der Waals surface area contributed by atoms with E-state index in [1.807, 2.05) is 0 Å². The Morgan fingerprint density at radius 1 is 1.38 bits per heavy atom. The number of aliphatic hydroxyl groups is 3. The average Bonchev–Trinajstić information content (AvgIpc) is 3.11. The second kappa shape index (κ2) is 5.27. The molecule has 4 aliphatic rings. The number of aliphatic hydroxyl groups excluding tert-OH is 2. The van der Waals surface area contributed by atoms with Crippen molar-refractivity contribution >= 4 is 12.3 Å². The first-order valence-corrected chi connectivity index (χ1v) is 9.21. The van der Waals surface area contributed by atoms with Gasteiger partial charge < -0.3 is 20.1 Å². The minimum atomic E-state index is -2.00. The van der Waals surface area contributed by atoms with Crippen molar-refractivity contribution in [3.8, 4) is 0 Å². The smallest absolute Gasteiger partial charge is 0.293 e. The highest BCUT2D eigenvalue weighted by Gasteiger charge is 2.74. The third-order valence-corrected chi connectivity index (χ3v) is 7.66. The van der Waals surface area contributed by atoms with Gasteiger partial charge in [-0.3, -0.25) is 9.59 Å². The van der Waals surface area contributed by atoms with Crippen molar-refractivity contribution in [2.45, 2.75) is 51.4 Å². The van der Waals surface area contributed by atoms with E-state index in [9.17, 15) is 24.9 Å². The highest BCUT2D eigenvalue weighted by molar-refractivity contribution is 5.95. The summed E-state index contributed by atoms with van der Waals surface area (Å²) in [4.78, 5) is 24.7. The summed E-state index contributed by atoms with van der Waals surface area (Å²) < 4.78 is 5.14. The third kappa shape index (κ3) is 1.82. The zero-order valence-corrected chi connectivity index (χ0v) is 15.3. The van der Waals surface area contributed by atoms with E-state index in [2.05, 4.69) is 13.8 Å². The normalized spacial score (nSPS) is 48.4. The van der Waals surface area contributed by atoms with E-state index in [0.29, 0.717) is 17.9 Å². The fraction of sp³-hybridized carbons (Fsp3) is 0.700. The van der Waals surface area contributed by atoms with Gasteiger partial charge in [-0.25, -0.2) is 0 Å². The maximum Gasteiger partial charge on any atom is 0.293 e. The summed E-state index contributed by atoms with van der Waals surface area (Å²) in [6.45, 7) is 5.75. The molecule has 4 rings (SSSR count). The van der Waals surface area contributed by atoms with Crippen molar-refractivity contribution in [3.63, 3.8) is 0 Å². The Hall–Kier alpha value is -1.50. The van der Waals surface area contributed by atoms with Crippen LogP contribution >= 0.6 is 0 Å². The fourth-order valence-electron chi connectivity index (χ4n) is 6.30. The number of hydrogen-bond acceptors (Lipinski definition) is 6. The Kier molecular flexibility index (Phi) is 3.63. The van der Waals surface area contributed by atoms with Crippen LogP contribution in [0.1, 0.15) is 33.6 Å². The number of Topliss-reactive ketones (excluding diaryl/α,β-unsaturated/α-hetero) is 1. The molecule has 1 spiro atoms.